The smallest absolute Gasteiger partial charge is 0.291 e. The number of benzene rings is 3. The molecule has 184 valence electrons. The van der Waals surface area contributed by atoms with Crippen LogP contribution in [-0.4, -0.2) is 46.1 Å². The average molecular weight is 488 g/mol. The van der Waals surface area contributed by atoms with Crippen LogP contribution in [0.4, 0.5) is 17.1 Å². The molecule has 0 radical (unpaired) electrons. The highest BCUT2D eigenvalue weighted by molar-refractivity contribution is 7.10. The molecular weight excluding hydrogens is 463 g/mol. The largest absolute Gasteiger partial charge is 0.509 e. The van der Waals surface area contributed by atoms with Crippen LogP contribution in [-0.2, 0) is 0 Å². The molecule has 1 aliphatic rings. The van der Waals surface area contributed by atoms with Gasteiger partial charge in [0, 0.05) is 63.5 Å². The van der Waals surface area contributed by atoms with Crippen molar-refractivity contribution in [2.24, 2.45) is 0 Å². The van der Waals surface area contributed by atoms with E-state index >= 15 is 0 Å². The Bertz CT molecular complexity index is 1330. The van der Waals surface area contributed by atoms with Gasteiger partial charge >= 0.3 is 0 Å². The highest BCUT2D eigenvalue weighted by Gasteiger charge is 2.50. The first-order valence-corrected chi connectivity index (χ1v) is 11.4. The van der Waals surface area contributed by atoms with Gasteiger partial charge in [0.05, 0.1) is 14.8 Å². The Balaban J connectivity index is 2.08. The van der Waals surface area contributed by atoms with E-state index in [-0.39, 0.29) is 17.1 Å². The Kier molecular flexibility index (Phi) is 6.19. The fourth-order valence-electron chi connectivity index (χ4n) is 5.82. The van der Waals surface area contributed by atoms with Gasteiger partial charge in [0.2, 0.25) is 0 Å². The second kappa shape index (κ2) is 9.01. The lowest BCUT2D eigenvalue weighted by Crippen LogP contribution is -2.79. The van der Waals surface area contributed by atoms with Crippen molar-refractivity contribution in [3.8, 4) is 0 Å². The van der Waals surface area contributed by atoms with E-state index in [1.165, 1.54) is 36.4 Å². The van der Waals surface area contributed by atoms with Gasteiger partial charge in [-0.1, -0.05) is 47.5 Å². The SMILES string of the molecule is CC1=C(c2ccc([N+](=O)[O-])cc2)[B-](c2ccc([N+](=O)[O-])cc2)(c2ccc([N+](=O)[O-])cc2)[N+](C)(C)CC1. The van der Waals surface area contributed by atoms with E-state index in [1.54, 1.807) is 36.4 Å². The van der Waals surface area contributed by atoms with Gasteiger partial charge in [-0.25, -0.2) is 0 Å². The van der Waals surface area contributed by atoms with Crippen LogP contribution in [0, 0.1) is 30.3 Å². The maximum absolute atomic E-state index is 11.4. The van der Waals surface area contributed by atoms with E-state index < -0.39 is 21.1 Å². The standard InChI is InChI=1S/C25H25BN4O6/c1-18-16-17-30(2,3)26(20-6-12-23(13-7-20)28(33)34,21-8-14-24(15-9-21)29(35)36)25(18)19-4-10-22(11-5-19)27(31)32/h4-15H,16-17H2,1-3H3. The quantitative estimate of drug-likeness (QED) is 0.293. The van der Waals surface area contributed by atoms with Crippen LogP contribution in [0.15, 0.2) is 78.4 Å². The summed E-state index contributed by atoms with van der Waals surface area (Å²) in [6.45, 7) is 2.79. The first kappa shape index (κ1) is 24.7. The topological polar surface area (TPSA) is 129 Å². The molecule has 0 fully saturated rings. The summed E-state index contributed by atoms with van der Waals surface area (Å²) in [6, 6.07) is 19.3. The molecule has 0 bridgehead atoms. The molecular formula is C25H25BN4O6. The lowest BCUT2D eigenvalue weighted by Gasteiger charge is -2.61. The number of nitrogens with zero attached hydrogens (tertiary/aromatic N) is 4. The van der Waals surface area contributed by atoms with Crippen LogP contribution in [0.2, 0.25) is 0 Å². The molecule has 0 spiro atoms. The van der Waals surface area contributed by atoms with Gasteiger partial charge in [0.1, 0.15) is 0 Å². The summed E-state index contributed by atoms with van der Waals surface area (Å²) in [5.74, 6) is 0. The van der Waals surface area contributed by atoms with Gasteiger partial charge in [-0.05, 0) is 6.92 Å². The summed E-state index contributed by atoms with van der Waals surface area (Å²) in [6.07, 6.45) is -1.09. The van der Waals surface area contributed by atoms with E-state index in [0.29, 0.717) is 4.39 Å². The zero-order chi connectivity index (χ0) is 26.3. The van der Waals surface area contributed by atoms with Crippen molar-refractivity contribution in [3.05, 3.63) is 114 Å². The summed E-state index contributed by atoms with van der Waals surface area (Å²) >= 11 is 0. The van der Waals surface area contributed by atoms with Crippen LogP contribution in [0.25, 0.3) is 5.47 Å². The predicted octanol–water partition coefficient (Wildman–Crippen LogP) is 3.96. The minimum absolute atomic E-state index is 0.0228. The van der Waals surface area contributed by atoms with E-state index in [1.807, 2.05) is 6.92 Å². The fourth-order valence-corrected chi connectivity index (χ4v) is 5.82. The molecule has 0 atom stereocenters. The summed E-state index contributed by atoms with van der Waals surface area (Å²) in [7, 11) is 4.17. The summed E-state index contributed by atoms with van der Waals surface area (Å²) in [4.78, 5) is 32.7. The average Bonchev–Trinajstić information content (AvgIpc) is 2.85. The fraction of sp³-hybridized carbons (Fsp3) is 0.200. The highest BCUT2D eigenvalue weighted by atomic mass is 16.6. The summed E-state index contributed by atoms with van der Waals surface area (Å²) in [5, 5.41) is 34.0. The van der Waals surface area contributed by atoms with Gasteiger partial charge in [0.15, 0.2) is 0 Å². The molecule has 0 N–H and O–H groups in total. The van der Waals surface area contributed by atoms with Crippen molar-refractivity contribution in [1.82, 2.24) is 0 Å². The molecule has 4 rings (SSSR count). The van der Waals surface area contributed by atoms with Gasteiger partial charge in [0.25, 0.3) is 23.3 Å². The molecule has 0 aromatic heterocycles. The molecule has 1 aliphatic heterocycles. The van der Waals surface area contributed by atoms with Gasteiger partial charge < -0.3 is 4.39 Å². The van der Waals surface area contributed by atoms with Crippen molar-refractivity contribution < 1.29 is 19.2 Å². The third-order valence-electron chi connectivity index (χ3n) is 7.55. The van der Waals surface area contributed by atoms with Crippen LogP contribution in [0.5, 0.6) is 0 Å². The number of nitro groups is 3. The maximum Gasteiger partial charge on any atom is 0.291 e. The molecule has 0 saturated heterocycles. The van der Waals surface area contributed by atoms with Crippen LogP contribution < -0.4 is 10.9 Å². The molecule has 1 heterocycles. The van der Waals surface area contributed by atoms with E-state index in [4.69, 9.17) is 0 Å². The third-order valence-corrected chi connectivity index (χ3v) is 7.55. The highest BCUT2D eigenvalue weighted by Crippen LogP contribution is 2.40. The van der Waals surface area contributed by atoms with E-state index in [9.17, 15) is 30.3 Å². The van der Waals surface area contributed by atoms with E-state index in [2.05, 4.69) is 14.1 Å². The number of hydrogen-bond acceptors (Lipinski definition) is 6. The Morgan fingerprint density at radius 2 is 1.03 bits per heavy atom. The zero-order valence-corrected chi connectivity index (χ0v) is 20.2. The number of hydrogen-bond donors (Lipinski definition) is 0. The molecule has 10 nitrogen and oxygen atoms in total. The first-order chi connectivity index (χ1) is 17.0. The second-order valence-electron chi connectivity index (χ2n) is 9.77. The Hall–Kier alpha value is -4.38. The number of nitro benzene ring substituents is 3. The second-order valence-corrected chi connectivity index (χ2v) is 9.77. The van der Waals surface area contributed by atoms with Gasteiger partial charge in [-0.3, -0.25) is 30.3 Å². The van der Waals surface area contributed by atoms with E-state index in [0.717, 1.165) is 40.5 Å². The van der Waals surface area contributed by atoms with Gasteiger partial charge in [-0.15, -0.1) is 16.4 Å². The first-order valence-electron chi connectivity index (χ1n) is 11.4. The van der Waals surface area contributed by atoms with Crippen molar-refractivity contribution in [2.45, 2.75) is 13.3 Å². The Morgan fingerprint density at radius 3 is 1.39 bits per heavy atom. The predicted molar refractivity (Wildman–Crippen MR) is 138 cm³/mol. The molecule has 11 heteroatoms. The maximum atomic E-state index is 11.4. The lowest BCUT2D eigenvalue weighted by molar-refractivity contribution is -0.787. The Morgan fingerprint density at radius 1 is 0.667 bits per heavy atom. The Labute approximate surface area is 207 Å². The zero-order valence-electron chi connectivity index (χ0n) is 20.2. The lowest BCUT2D eigenvalue weighted by atomic mass is 9.19. The normalized spacial score (nSPS) is 16.4. The molecule has 0 aliphatic carbocycles. The molecule has 3 aromatic carbocycles. The van der Waals surface area contributed by atoms with Crippen molar-refractivity contribution in [1.29, 1.82) is 0 Å². The van der Waals surface area contributed by atoms with Crippen molar-refractivity contribution >= 4 is 39.7 Å². The van der Waals surface area contributed by atoms with Crippen molar-refractivity contribution in [3.63, 3.8) is 0 Å². The number of quaternary nitrogens is 1. The number of rotatable bonds is 6. The summed E-state index contributed by atoms with van der Waals surface area (Å²) in [5.41, 5.74) is 4.46. The summed E-state index contributed by atoms with van der Waals surface area (Å²) < 4.78 is 0.485. The van der Waals surface area contributed by atoms with Crippen LogP contribution >= 0.6 is 0 Å². The molecule has 36 heavy (non-hydrogen) atoms. The van der Waals surface area contributed by atoms with Crippen LogP contribution in [0.3, 0.4) is 0 Å². The van der Waals surface area contributed by atoms with Crippen LogP contribution in [0.1, 0.15) is 18.9 Å². The molecule has 0 amide bonds. The molecule has 3 aromatic rings. The van der Waals surface area contributed by atoms with Crippen molar-refractivity contribution in [2.75, 3.05) is 20.6 Å². The number of non-ortho nitro benzene ring substituents is 3. The molecule has 0 saturated carbocycles. The van der Waals surface area contributed by atoms with Gasteiger partial charge in [-0.2, -0.15) is 0 Å². The third kappa shape index (κ3) is 3.93. The minimum Gasteiger partial charge on any atom is -0.509 e. The monoisotopic (exact) mass is 488 g/mol. The molecule has 0 unspecified atom stereocenters. The minimum atomic E-state index is -1.87.